The first kappa shape index (κ1) is 16.1. The second-order valence-corrected chi connectivity index (χ2v) is 5.80. The van der Waals surface area contributed by atoms with Gasteiger partial charge in [-0.05, 0) is 37.5 Å². The smallest absolute Gasteiger partial charge is 0.336 e. The molecule has 1 aromatic heterocycles. The molecule has 0 fully saturated rings. The maximum Gasteiger partial charge on any atom is 0.336 e. The molecule has 5 heteroatoms. The first-order valence-corrected chi connectivity index (χ1v) is 7.33. The van der Waals surface area contributed by atoms with Crippen molar-refractivity contribution in [3.05, 3.63) is 40.2 Å². The molecule has 2 rings (SSSR count). The first-order valence-electron chi connectivity index (χ1n) is 7.33. The molecule has 1 heterocycles. The van der Waals surface area contributed by atoms with Crippen LogP contribution >= 0.6 is 0 Å². The van der Waals surface area contributed by atoms with Crippen molar-refractivity contribution in [2.24, 2.45) is 5.92 Å². The predicted octanol–water partition coefficient (Wildman–Crippen LogP) is 2.64. The largest absolute Gasteiger partial charge is 0.484 e. The third-order valence-corrected chi connectivity index (χ3v) is 3.68. The van der Waals surface area contributed by atoms with Gasteiger partial charge < -0.3 is 14.5 Å². The number of aryl methyl sites for hydroxylation is 1. The van der Waals surface area contributed by atoms with Crippen LogP contribution in [-0.4, -0.2) is 18.6 Å². The topological polar surface area (TPSA) is 68.5 Å². The van der Waals surface area contributed by atoms with E-state index >= 15 is 0 Å². The molecule has 0 aliphatic heterocycles. The number of carbonyl (C=O) groups excluding carboxylic acids is 1. The summed E-state index contributed by atoms with van der Waals surface area (Å²) in [5.41, 5.74) is 0.908. The van der Waals surface area contributed by atoms with Gasteiger partial charge in [-0.1, -0.05) is 13.8 Å². The van der Waals surface area contributed by atoms with Crippen molar-refractivity contribution >= 4 is 16.9 Å². The fourth-order valence-electron chi connectivity index (χ4n) is 2.01. The molecule has 1 aromatic carbocycles. The summed E-state index contributed by atoms with van der Waals surface area (Å²) in [6, 6.07) is 6.74. The number of hydrogen-bond acceptors (Lipinski definition) is 4. The predicted molar refractivity (Wildman–Crippen MR) is 85.2 cm³/mol. The molecule has 2 aromatic rings. The third kappa shape index (κ3) is 3.87. The maximum absolute atomic E-state index is 11.8. The van der Waals surface area contributed by atoms with Crippen LogP contribution in [-0.2, 0) is 4.79 Å². The molecule has 0 spiro atoms. The third-order valence-electron chi connectivity index (χ3n) is 3.68. The minimum Gasteiger partial charge on any atom is -0.484 e. The van der Waals surface area contributed by atoms with Gasteiger partial charge in [0.15, 0.2) is 6.61 Å². The van der Waals surface area contributed by atoms with Crippen LogP contribution < -0.4 is 15.7 Å². The van der Waals surface area contributed by atoms with E-state index in [4.69, 9.17) is 9.15 Å². The summed E-state index contributed by atoms with van der Waals surface area (Å²) in [5, 5.41) is 3.72. The minimum absolute atomic E-state index is 0.0708. The van der Waals surface area contributed by atoms with Crippen molar-refractivity contribution in [3.8, 4) is 5.75 Å². The standard InChI is InChI=1S/C17H21NO4/c1-10(2)12(4)18-16(19)9-21-13-5-6-14-11(3)7-17(20)22-15(14)8-13/h5-8,10,12H,9H2,1-4H3,(H,18,19)/t12-/m1/s1. The van der Waals surface area contributed by atoms with E-state index in [2.05, 4.69) is 5.32 Å². The Kier molecular flexibility index (Phi) is 4.85. The highest BCUT2D eigenvalue weighted by molar-refractivity contribution is 5.81. The molecule has 0 bridgehead atoms. The van der Waals surface area contributed by atoms with Gasteiger partial charge in [0.05, 0.1) is 0 Å². The van der Waals surface area contributed by atoms with Crippen molar-refractivity contribution in [1.29, 1.82) is 0 Å². The lowest BCUT2D eigenvalue weighted by Gasteiger charge is -2.17. The monoisotopic (exact) mass is 303 g/mol. The van der Waals surface area contributed by atoms with Gasteiger partial charge in [-0.15, -0.1) is 0 Å². The molecule has 0 saturated carbocycles. The van der Waals surface area contributed by atoms with E-state index in [-0.39, 0.29) is 18.6 Å². The van der Waals surface area contributed by atoms with Gasteiger partial charge in [-0.25, -0.2) is 4.79 Å². The Bertz CT molecular complexity index is 733. The van der Waals surface area contributed by atoms with E-state index in [9.17, 15) is 9.59 Å². The van der Waals surface area contributed by atoms with Crippen molar-refractivity contribution in [2.75, 3.05) is 6.61 Å². The van der Waals surface area contributed by atoms with Crippen molar-refractivity contribution in [3.63, 3.8) is 0 Å². The number of ether oxygens (including phenoxy) is 1. The lowest BCUT2D eigenvalue weighted by atomic mass is 10.1. The summed E-state index contributed by atoms with van der Waals surface area (Å²) in [4.78, 5) is 23.2. The van der Waals surface area contributed by atoms with Crippen LogP contribution in [0.4, 0.5) is 0 Å². The van der Waals surface area contributed by atoms with E-state index in [1.54, 1.807) is 12.1 Å². The summed E-state index contributed by atoms with van der Waals surface area (Å²) in [6.45, 7) is 7.81. The number of fused-ring (bicyclic) bond motifs is 1. The number of hydrogen-bond donors (Lipinski definition) is 1. The fourth-order valence-corrected chi connectivity index (χ4v) is 2.01. The number of nitrogens with one attached hydrogen (secondary N) is 1. The summed E-state index contributed by atoms with van der Waals surface area (Å²) >= 11 is 0. The molecule has 1 N–H and O–H groups in total. The Labute approximate surface area is 129 Å². The van der Waals surface area contributed by atoms with Gasteiger partial charge in [0.1, 0.15) is 11.3 Å². The van der Waals surface area contributed by atoms with E-state index in [1.165, 1.54) is 6.07 Å². The van der Waals surface area contributed by atoms with Gasteiger partial charge in [-0.3, -0.25) is 4.79 Å². The number of rotatable bonds is 5. The molecule has 118 valence electrons. The van der Waals surface area contributed by atoms with Crippen LogP contribution in [0.25, 0.3) is 11.0 Å². The Balaban J connectivity index is 2.06. The molecule has 0 aliphatic rings. The summed E-state index contributed by atoms with van der Waals surface area (Å²) in [5.74, 6) is 0.683. The molecule has 22 heavy (non-hydrogen) atoms. The lowest BCUT2D eigenvalue weighted by molar-refractivity contribution is -0.124. The quantitative estimate of drug-likeness (QED) is 0.862. The van der Waals surface area contributed by atoms with E-state index < -0.39 is 5.63 Å². The zero-order valence-electron chi connectivity index (χ0n) is 13.3. The highest BCUT2D eigenvalue weighted by Crippen LogP contribution is 2.22. The van der Waals surface area contributed by atoms with Crippen LogP contribution in [0.3, 0.4) is 0 Å². The van der Waals surface area contributed by atoms with Crippen molar-refractivity contribution in [1.82, 2.24) is 5.32 Å². The molecule has 0 unspecified atom stereocenters. The molecule has 0 saturated heterocycles. The zero-order valence-corrected chi connectivity index (χ0v) is 13.3. The number of benzene rings is 1. The average Bonchev–Trinajstić information content (AvgIpc) is 2.44. The van der Waals surface area contributed by atoms with Gasteiger partial charge >= 0.3 is 5.63 Å². The molecule has 1 atom stereocenters. The van der Waals surface area contributed by atoms with Gasteiger partial charge in [0.2, 0.25) is 0 Å². The van der Waals surface area contributed by atoms with Gasteiger partial charge in [-0.2, -0.15) is 0 Å². The Morgan fingerprint density at radius 3 is 2.68 bits per heavy atom. The highest BCUT2D eigenvalue weighted by Gasteiger charge is 2.11. The molecule has 0 radical (unpaired) electrons. The van der Waals surface area contributed by atoms with Crippen LogP contribution in [0.1, 0.15) is 26.3 Å². The summed E-state index contributed by atoms with van der Waals surface area (Å²) in [6.07, 6.45) is 0. The molecule has 5 nitrogen and oxygen atoms in total. The van der Waals surface area contributed by atoms with Gasteiger partial charge in [0.25, 0.3) is 5.91 Å². The number of amides is 1. The Morgan fingerprint density at radius 1 is 1.27 bits per heavy atom. The second kappa shape index (κ2) is 6.64. The van der Waals surface area contributed by atoms with Crippen LogP contribution in [0, 0.1) is 12.8 Å². The van der Waals surface area contributed by atoms with E-state index in [0.717, 1.165) is 10.9 Å². The van der Waals surface area contributed by atoms with Crippen LogP contribution in [0.15, 0.2) is 33.5 Å². The van der Waals surface area contributed by atoms with Crippen molar-refractivity contribution < 1.29 is 13.9 Å². The normalized spacial score (nSPS) is 12.4. The van der Waals surface area contributed by atoms with E-state index in [0.29, 0.717) is 17.3 Å². The average molecular weight is 303 g/mol. The Hall–Kier alpha value is -2.30. The van der Waals surface area contributed by atoms with Crippen molar-refractivity contribution in [2.45, 2.75) is 33.7 Å². The maximum atomic E-state index is 11.8. The summed E-state index contributed by atoms with van der Waals surface area (Å²) < 4.78 is 10.6. The summed E-state index contributed by atoms with van der Waals surface area (Å²) in [7, 11) is 0. The molecule has 0 aliphatic carbocycles. The molecular weight excluding hydrogens is 282 g/mol. The minimum atomic E-state index is -0.398. The molecule has 1 amide bonds. The number of carbonyl (C=O) groups is 1. The second-order valence-electron chi connectivity index (χ2n) is 5.80. The van der Waals surface area contributed by atoms with Gasteiger partial charge in [0, 0.05) is 23.6 Å². The Morgan fingerprint density at radius 2 is 2.00 bits per heavy atom. The zero-order chi connectivity index (χ0) is 16.3. The van der Waals surface area contributed by atoms with Crippen LogP contribution in [0.2, 0.25) is 0 Å². The highest BCUT2D eigenvalue weighted by atomic mass is 16.5. The fraction of sp³-hybridized carbons (Fsp3) is 0.412. The first-order chi connectivity index (χ1) is 10.4. The SMILES string of the molecule is Cc1cc(=O)oc2cc(OCC(=O)N[C@H](C)C(C)C)ccc12. The van der Waals surface area contributed by atoms with E-state index in [1.807, 2.05) is 33.8 Å². The van der Waals surface area contributed by atoms with Crippen LogP contribution in [0.5, 0.6) is 5.75 Å². The molecular formula is C17H21NO4. The lowest BCUT2D eigenvalue weighted by Crippen LogP contribution is -2.38.